The van der Waals surface area contributed by atoms with Gasteiger partial charge in [-0.3, -0.25) is 0 Å². The van der Waals surface area contributed by atoms with Crippen molar-refractivity contribution in [1.29, 1.82) is 0 Å². The molecule has 1 aromatic rings. The van der Waals surface area contributed by atoms with Gasteiger partial charge in [0.1, 0.15) is 0 Å². The maximum Gasteiger partial charge on any atom is 0.0540 e. The lowest BCUT2D eigenvalue weighted by molar-refractivity contribution is 0.118. The zero-order chi connectivity index (χ0) is 9.68. The molecule has 13 heavy (non-hydrogen) atoms. The van der Waals surface area contributed by atoms with Crippen molar-refractivity contribution >= 4 is 11.3 Å². The van der Waals surface area contributed by atoms with Crippen molar-refractivity contribution in [2.45, 2.75) is 39.2 Å². The quantitative estimate of drug-likeness (QED) is 0.771. The van der Waals surface area contributed by atoms with Gasteiger partial charge in [0.05, 0.1) is 6.10 Å². The standard InChI is InChI=1S/C11H18OS/c1-3-10(9(2)12)6-7-11-5-4-8-13-11/h4-5,8-10,12H,3,6-7H2,1-2H3. The van der Waals surface area contributed by atoms with Gasteiger partial charge in [0, 0.05) is 4.88 Å². The van der Waals surface area contributed by atoms with Crippen LogP contribution < -0.4 is 0 Å². The van der Waals surface area contributed by atoms with Gasteiger partial charge in [-0.25, -0.2) is 0 Å². The molecule has 74 valence electrons. The average molecular weight is 198 g/mol. The van der Waals surface area contributed by atoms with Crippen LogP contribution in [0.15, 0.2) is 17.5 Å². The van der Waals surface area contributed by atoms with Crippen LogP contribution in [0.3, 0.4) is 0 Å². The van der Waals surface area contributed by atoms with Gasteiger partial charge in [0.15, 0.2) is 0 Å². The van der Waals surface area contributed by atoms with E-state index in [4.69, 9.17) is 0 Å². The minimum atomic E-state index is -0.162. The maximum absolute atomic E-state index is 9.44. The summed E-state index contributed by atoms with van der Waals surface area (Å²) in [6.45, 7) is 4.04. The van der Waals surface area contributed by atoms with E-state index in [0.29, 0.717) is 5.92 Å². The van der Waals surface area contributed by atoms with Crippen LogP contribution in [0.4, 0.5) is 0 Å². The topological polar surface area (TPSA) is 20.2 Å². The fourth-order valence-corrected chi connectivity index (χ4v) is 2.29. The van der Waals surface area contributed by atoms with E-state index in [0.717, 1.165) is 19.3 Å². The molecule has 0 aromatic carbocycles. The molecule has 2 unspecified atom stereocenters. The molecular weight excluding hydrogens is 180 g/mol. The molecule has 1 heterocycles. The first-order chi connectivity index (χ1) is 6.24. The van der Waals surface area contributed by atoms with Crippen LogP contribution in [-0.2, 0) is 6.42 Å². The van der Waals surface area contributed by atoms with Crippen molar-refractivity contribution in [3.05, 3.63) is 22.4 Å². The van der Waals surface area contributed by atoms with Gasteiger partial charge in [-0.05, 0) is 37.1 Å². The van der Waals surface area contributed by atoms with Crippen molar-refractivity contribution < 1.29 is 5.11 Å². The van der Waals surface area contributed by atoms with Gasteiger partial charge >= 0.3 is 0 Å². The first kappa shape index (κ1) is 10.7. The minimum Gasteiger partial charge on any atom is -0.393 e. The summed E-state index contributed by atoms with van der Waals surface area (Å²) in [6, 6.07) is 4.25. The molecule has 0 spiro atoms. The normalized spacial score (nSPS) is 15.6. The van der Waals surface area contributed by atoms with E-state index in [-0.39, 0.29) is 6.10 Å². The Labute approximate surface area is 84.4 Å². The van der Waals surface area contributed by atoms with Crippen molar-refractivity contribution in [2.24, 2.45) is 5.92 Å². The molecule has 1 N–H and O–H groups in total. The Morgan fingerprint density at radius 1 is 1.54 bits per heavy atom. The second-order valence-corrected chi connectivity index (χ2v) is 4.56. The van der Waals surface area contributed by atoms with Gasteiger partial charge in [0.25, 0.3) is 0 Å². The number of thiophene rings is 1. The Hall–Kier alpha value is -0.340. The zero-order valence-corrected chi connectivity index (χ0v) is 9.18. The van der Waals surface area contributed by atoms with E-state index in [2.05, 4.69) is 24.4 Å². The van der Waals surface area contributed by atoms with Gasteiger partial charge in [0.2, 0.25) is 0 Å². The maximum atomic E-state index is 9.44. The predicted octanol–water partition coefficient (Wildman–Crippen LogP) is 3.09. The molecule has 1 nitrogen and oxygen atoms in total. The van der Waals surface area contributed by atoms with Gasteiger partial charge < -0.3 is 5.11 Å². The molecule has 0 saturated carbocycles. The molecule has 0 saturated heterocycles. The smallest absolute Gasteiger partial charge is 0.0540 e. The molecule has 0 aliphatic rings. The van der Waals surface area contributed by atoms with Crippen LogP contribution in [-0.4, -0.2) is 11.2 Å². The zero-order valence-electron chi connectivity index (χ0n) is 8.36. The monoisotopic (exact) mass is 198 g/mol. The lowest BCUT2D eigenvalue weighted by Crippen LogP contribution is -2.16. The second kappa shape index (κ2) is 5.40. The third-order valence-electron chi connectivity index (χ3n) is 2.55. The Balaban J connectivity index is 2.32. The first-order valence-corrected chi connectivity index (χ1v) is 5.82. The van der Waals surface area contributed by atoms with Crippen molar-refractivity contribution in [3.63, 3.8) is 0 Å². The Bertz CT molecular complexity index is 216. The van der Waals surface area contributed by atoms with E-state index in [1.54, 1.807) is 11.3 Å². The Morgan fingerprint density at radius 2 is 2.31 bits per heavy atom. The van der Waals surface area contributed by atoms with Crippen molar-refractivity contribution in [3.8, 4) is 0 Å². The van der Waals surface area contributed by atoms with Crippen molar-refractivity contribution in [1.82, 2.24) is 0 Å². The van der Waals surface area contributed by atoms with Crippen LogP contribution in [0.25, 0.3) is 0 Å². The molecule has 0 radical (unpaired) electrons. The molecule has 0 aliphatic carbocycles. The number of hydrogen-bond donors (Lipinski definition) is 1. The molecule has 0 amide bonds. The minimum absolute atomic E-state index is 0.162. The fraction of sp³-hybridized carbons (Fsp3) is 0.636. The number of rotatable bonds is 5. The SMILES string of the molecule is CCC(CCc1cccs1)C(C)O. The third-order valence-corrected chi connectivity index (χ3v) is 3.48. The highest BCUT2D eigenvalue weighted by Gasteiger charge is 2.12. The van der Waals surface area contributed by atoms with Crippen LogP contribution in [0.1, 0.15) is 31.6 Å². The highest BCUT2D eigenvalue weighted by atomic mass is 32.1. The summed E-state index contributed by atoms with van der Waals surface area (Å²) in [5.41, 5.74) is 0. The van der Waals surface area contributed by atoms with Gasteiger partial charge in [-0.1, -0.05) is 19.4 Å². The van der Waals surface area contributed by atoms with Crippen molar-refractivity contribution in [2.75, 3.05) is 0 Å². The largest absolute Gasteiger partial charge is 0.393 e. The number of aryl methyl sites for hydroxylation is 1. The van der Waals surface area contributed by atoms with Gasteiger partial charge in [-0.15, -0.1) is 11.3 Å². The number of hydrogen-bond acceptors (Lipinski definition) is 2. The van der Waals surface area contributed by atoms with Crippen LogP contribution >= 0.6 is 11.3 Å². The predicted molar refractivity (Wildman–Crippen MR) is 58.1 cm³/mol. The summed E-state index contributed by atoms with van der Waals surface area (Å²) in [7, 11) is 0. The molecular formula is C11H18OS. The lowest BCUT2D eigenvalue weighted by Gasteiger charge is -2.16. The molecule has 2 heteroatoms. The molecule has 0 bridgehead atoms. The van der Waals surface area contributed by atoms with Crippen LogP contribution in [0.5, 0.6) is 0 Å². The highest BCUT2D eigenvalue weighted by Crippen LogP contribution is 2.19. The summed E-state index contributed by atoms with van der Waals surface area (Å²) in [4.78, 5) is 1.43. The molecule has 2 atom stereocenters. The van der Waals surface area contributed by atoms with E-state index in [1.807, 2.05) is 6.92 Å². The first-order valence-electron chi connectivity index (χ1n) is 4.94. The molecule has 0 fully saturated rings. The van der Waals surface area contributed by atoms with Crippen LogP contribution in [0, 0.1) is 5.92 Å². The second-order valence-electron chi connectivity index (χ2n) is 3.53. The third kappa shape index (κ3) is 3.49. The summed E-state index contributed by atoms with van der Waals surface area (Å²) < 4.78 is 0. The number of aliphatic hydroxyl groups excluding tert-OH is 1. The Morgan fingerprint density at radius 3 is 2.77 bits per heavy atom. The Kier molecular flexibility index (Phi) is 4.46. The van der Waals surface area contributed by atoms with E-state index in [9.17, 15) is 5.11 Å². The molecule has 0 aliphatic heterocycles. The summed E-state index contributed by atoms with van der Waals surface area (Å²) >= 11 is 1.81. The molecule has 1 aromatic heterocycles. The van der Waals surface area contributed by atoms with E-state index >= 15 is 0 Å². The summed E-state index contributed by atoms with van der Waals surface area (Å²) in [5, 5.41) is 11.6. The van der Waals surface area contributed by atoms with Crippen LogP contribution in [0.2, 0.25) is 0 Å². The average Bonchev–Trinajstić information content (AvgIpc) is 2.57. The van der Waals surface area contributed by atoms with E-state index < -0.39 is 0 Å². The van der Waals surface area contributed by atoms with Gasteiger partial charge in [-0.2, -0.15) is 0 Å². The molecule has 1 rings (SSSR count). The van der Waals surface area contributed by atoms with E-state index in [1.165, 1.54) is 4.88 Å². The summed E-state index contributed by atoms with van der Waals surface area (Å²) in [5.74, 6) is 0.460. The lowest BCUT2D eigenvalue weighted by atomic mass is 9.95. The fourth-order valence-electron chi connectivity index (χ4n) is 1.57. The highest BCUT2D eigenvalue weighted by molar-refractivity contribution is 7.09. The summed E-state index contributed by atoms with van der Waals surface area (Å²) in [6.07, 6.45) is 3.13. The number of aliphatic hydroxyl groups is 1.